The van der Waals surface area contributed by atoms with Crippen LogP contribution in [-0.2, 0) is 4.74 Å². The van der Waals surface area contributed by atoms with E-state index in [1.807, 2.05) is 5.57 Å². The van der Waals surface area contributed by atoms with E-state index in [0.717, 1.165) is 36.3 Å². The van der Waals surface area contributed by atoms with Crippen LogP contribution in [0.3, 0.4) is 0 Å². The molecular weight excluding hydrogens is 380 g/mol. The molecule has 8 rings (SSSR count). The van der Waals surface area contributed by atoms with Crippen LogP contribution >= 0.6 is 0 Å². The fraction of sp³-hybridized carbons (Fsp3) is 0.786. The van der Waals surface area contributed by atoms with Crippen LogP contribution in [0.2, 0.25) is 0 Å². The van der Waals surface area contributed by atoms with Gasteiger partial charge in [0.15, 0.2) is 0 Å². The van der Waals surface area contributed by atoms with Gasteiger partial charge in [0.05, 0.1) is 12.7 Å². The molecule has 3 nitrogen and oxygen atoms in total. The fourth-order valence-electron chi connectivity index (χ4n) is 7.66. The first-order valence-electron chi connectivity index (χ1n) is 13.4. The summed E-state index contributed by atoms with van der Waals surface area (Å²) in [5.74, 6) is 4.48. The third-order valence-electron chi connectivity index (χ3n) is 9.55. The molecule has 0 aromatic carbocycles. The fourth-order valence-corrected chi connectivity index (χ4v) is 7.66. The highest BCUT2D eigenvalue weighted by Gasteiger charge is 2.37. The van der Waals surface area contributed by atoms with Gasteiger partial charge in [-0.1, -0.05) is 35.5 Å². The van der Waals surface area contributed by atoms with Crippen LogP contribution in [0.1, 0.15) is 64.2 Å². The third kappa shape index (κ3) is 4.48. The third-order valence-corrected chi connectivity index (χ3v) is 9.55. The quantitative estimate of drug-likeness (QED) is 0.614. The maximum atomic E-state index is 6.43. The van der Waals surface area contributed by atoms with Crippen molar-refractivity contribution in [2.75, 3.05) is 26.2 Å². The van der Waals surface area contributed by atoms with E-state index in [1.54, 1.807) is 5.57 Å². The Kier molecular flexibility index (Phi) is 6.11. The summed E-state index contributed by atoms with van der Waals surface area (Å²) in [7, 11) is 0. The molecule has 31 heavy (non-hydrogen) atoms. The van der Waals surface area contributed by atoms with Crippen LogP contribution in [0.5, 0.6) is 0 Å². The first-order chi connectivity index (χ1) is 15.3. The number of ether oxygens (including phenoxy) is 1. The molecule has 8 atom stereocenters. The number of nitrogens with one attached hydrogen (secondary N) is 2. The summed E-state index contributed by atoms with van der Waals surface area (Å²) in [6.07, 6.45) is 24.0. The topological polar surface area (TPSA) is 33.3 Å². The summed E-state index contributed by atoms with van der Waals surface area (Å²) < 4.78 is 6.43. The second kappa shape index (κ2) is 9.15. The molecular formula is C28H42N2O. The highest BCUT2D eigenvalue weighted by molar-refractivity contribution is 5.22. The molecule has 3 saturated heterocycles. The van der Waals surface area contributed by atoms with E-state index >= 15 is 0 Å². The van der Waals surface area contributed by atoms with Crippen LogP contribution in [0, 0.1) is 35.5 Å². The summed E-state index contributed by atoms with van der Waals surface area (Å²) in [5, 5.41) is 7.74. The van der Waals surface area contributed by atoms with Crippen LogP contribution in [-0.4, -0.2) is 38.4 Å². The van der Waals surface area contributed by atoms with Crippen molar-refractivity contribution in [3.8, 4) is 0 Å². The lowest BCUT2D eigenvalue weighted by atomic mass is 9.68. The Hall–Kier alpha value is -0.900. The molecule has 3 heteroatoms. The molecule has 2 aliphatic carbocycles. The van der Waals surface area contributed by atoms with Crippen molar-refractivity contribution in [1.82, 2.24) is 10.6 Å². The van der Waals surface area contributed by atoms with Gasteiger partial charge >= 0.3 is 0 Å². The molecule has 6 bridgehead atoms. The van der Waals surface area contributed by atoms with Crippen molar-refractivity contribution in [3.05, 3.63) is 35.5 Å². The molecule has 170 valence electrons. The molecule has 0 aromatic heterocycles. The van der Waals surface area contributed by atoms with E-state index in [4.69, 9.17) is 4.74 Å². The van der Waals surface area contributed by atoms with Gasteiger partial charge in [-0.2, -0.15) is 0 Å². The van der Waals surface area contributed by atoms with Gasteiger partial charge in [0, 0.05) is 18.5 Å². The van der Waals surface area contributed by atoms with Crippen LogP contribution in [0.25, 0.3) is 0 Å². The predicted molar refractivity (Wildman–Crippen MR) is 127 cm³/mol. The molecule has 8 unspecified atom stereocenters. The van der Waals surface area contributed by atoms with Gasteiger partial charge in [-0.15, -0.1) is 0 Å². The monoisotopic (exact) mass is 422 g/mol. The minimum absolute atomic E-state index is 0.325. The minimum Gasteiger partial charge on any atom is -0.373 e. The Bertz CT molecular complexity index is 731. The Balaban J connectivity index is 1.27. The SMILES string of the molecule is C1=CC2OCC(C1)CCC2/C1=C/C2CCC(/C3=C/CC4CCC(C3)NC4)C(CNC2)C1. The molecule has 0 spiro atoms. The van der Waals surface area contributed by atoms with Gasteiger partial charge in [0.2, 0.25) is 0 Å². The molecule has 8 aliphatic rings. The zero-order valence-corrected chi connectivity index (χ0v) is 19.2. The van der Waals surface area contributed by atoms with Gasteiger partial charge in [-0.25, -0.2) is 0 Å². The van der Waals surface area contributed by atoms with Crippen molar-refractivity contribution in [1.29, 1.82) is 0 Å². The molecule has 0 aromatic rings. The smallest absolute Gasteiger partial charge is 0.0821 e. The second-order valence-corrected chi connectivity index (χ2v) is 11.6. The predicted octanol–water partition coefficient (Wildman–Crippen LogP) is 5.01. The first kappa shape index (κ1) is 20.7. The van der Waals surface area contributed by atoms with E-state index < -0.39 is 0 Å². The summed E-state index contributed by atoms with van der Waals surface area (Å²) in [6.45, 7) is 4.60. The van der Waals surface area contributed by atoms with Crippen molar-refractivity contribution in [2.45, 2.75) is 76.4 Å². The molecule has 6 heterocycles. The average molecular weight is 423 g/mol. The largest absolute Gasteiger partial charge is 0.373 e. The van der Waals surface area contributed by atoms with Crippen molar-refractivity contribution >= 4 is 0 Å². The summed E-state index contributed by atoms with van der Waals surface area (Å²) >= 11 is 0. The highest BCUT2D eigenvalue weighted by Crippen LogP contribution is 2.44. The number of fused-ring (bicyclic) bond motifs is 13. The number of hydrogen-bond acceptors (Lipinski definition) is 3. The number of hydrogen-bond donors (Lipinski definition) is 2. The first-order valence-corrected chi connectivity index (χ1v) is 13.4. The number of allylic oxidation sites excluding steroid dienone is 2. The maximum Gasteiger partial charge on any atom is 0.0821 e. The highest BCUT2D eigenvalue weighted by atomic mass is 16.5. The van der Waals surface area contributed by atoms with E-state index in [1.165, 1.54) is 83.8 Å². The summed E-state index contributed by atoms with van der Waals surface area (Å²) in [5.41, 5.74) is 3.56. The van der Waals surface area contributed by atoms with Crippen molar-refractivity contribution in [3.63, 3.8) is 0 Å². The van der Waals surface area contributed by atoms with E-state index in [9.17, 15) is 0 Å². The van der Waals surface area contributed by atoms with Gasteiger partial charge in [0.1, 0.15) is 0 Å². The molecule has 3 fully saturated rings. The van der Waals surface area contributed by atoms with Crippen molar-refractivity contribution < 1.29 is 4.74 Å². The van der Waals surface area contributed by atoms with Crippen LogP contribution in [0.15, 0.2) is 35.5 Å². The lowest BCUT2D eigenvalue weighted by Crippen LogP contribution is -2.43. The van der Waals surface area contributed by atoms with Gasteiger partial charge in [0.25, 0.3) is 0 Å². The van der Waals surface area contributed by atoms with E-state index in [-0.39, 0.29) is 0 Å². The Morgan fingerprint density at radius 3 is 2.68 bits per heavy atom. The molecule has 0 saturated carbocycles. The number of piperidine rings is 1. The lowest BCUT2D eigenvalue weighted by Gasteiger charge is -2.41. The van der Waals surface area contributed by atoms with Crippen LogP contribution in [0.4, 0.5) is 0 Å². The molecule has 0 amide bonds. The summed E-state index contributed by atoms with van der Waals surface area (Å²) in [4.78, 5) is 0. The summed E-state index contributed by atoms with van der Waals surface area (Å²) in [6, 6.07) is 0.732. The normalized spacial score (nSPS) is 48.8. The average Bonchev–Trinajstić information content (AvgIpc) is 3.06. The maximum absolute atomic E-state index is 6.43. The van der Waals surface area contributed by atoms with Gasteiger partial charge in [-0.3, -0.25) is 0 Å². The second-order valence-electron chi connectivity index (χ2n) is 11.6. The standard InChI is InChI=1S/C28H42N2O/c1-2-20-6-11-27(28(3-1)31-18-20)23-12-21-7-10-26(24(13-23)17-29-15-21)22-8-4-19-5-9-25(14-22)30-16-19/h1,3,8,12,19-21,24-30H,2,4-7,9-11,13-18H2/b22-8+,23-12+. The molecule has 0 radical (unpaired) electrons. The van der Waals surface area contributed by atoms with Crippen molar-refractivity contribution in [2.24, 2.45) is 35.5 Å². The number of rotatable bonds is 2. The zero-order chi connectivity index (χ0) is 20.6. The lowest BCUT2D eigenvalue weighted by molar-refractivity contribution is 0.0549. The Labute approximate surface area is 189 Å². The Morgan fingerprint density at radius 1 is 0.806 bits per heavy atom. The van der Waals surface area contributed by atoms with Gasteiger partial charge < -0.3 is 15.4 Å². The Morgan fingerprint density at radius 2 is 1.74 bits per heavy atom. The minimum atomic E-state index is 0.325. The zero-order valence-electron chi connectivity index (χ0n) is 19.2. The van der Waals surface area contributed by atoms with Crippen LogP contribution < -0.4 is 10.6 Å². The molecule has 2 N–H and O–H groups in total. The van der Waals surface area contributed by atoms with E-state index in [0.29, 0.717) is 17.9 Å². The van der Waals surface area contributed by atoms with Gasteiger partial charge in [-0.05, 0) is 107 Å². The molecule has 6 aliphatic heterocycles. The van der Waals surface area contributed by atoms with E-state index in [2.05, 4.69) is 34.9 Å².